The maximum atomic E-state index is 5.28. The molecule has 30 valence electrons. The molecule has 1 aliphatic heterocycles. The van der Waals surface area contributed by atoms with E-state index in [1.54, 1.807) is 0 Å². The topological polar surface area (TPSA) is 28.0 Å². The first-order chi connectivity index (χ1) is 2.89. The summed E-state index contributed by atoms with van der Waals surface area (Å²) >= 11 is 4.54. The van der Waals surface area contributed by atoms with E-state index in [0.29, 0.717) is 0 Å². The summed E-state index contributed by atoms with van der Waals surface area (Å²) < 4.78 is 6.83. The van der Waals surface area contributed by atoms with Crippen molar-refractivity contribution in [3.05, 3.63) is 0 Å². The zero-order valence-electron chi connectivity index (χ0n) is 2.87. The number of rotatable bonds is 0. The van der Waals surface area contributed by atoms with Gasteiger partial charge in [0, 0.05) is 0 Å². The summed E-state index contributed by atoms with van der Waals surface area (Å²) in [5.41, 5.74) is 0. The number of hydrogen-bond donors (Lipinski definition) is 0. The molecule has 0 aromatic rings. The van der Waals surface area contributed by atoms with Gasteiger partial charge < -0.3 is 0 Å². The van der Waals surface area contributed by atoms with Crippen LogP contribution in [0.25, 0.3) is 0 Å². The maximum absolute atomic E-state index is 5.28. The first-order valence-electron chi connectivity index (χ1n) is 1.42. The van der Waals surface area contributed by atoms with E-state index in [1.807, 2.05) is 3.88 Å². The number of nitrogens with zero attached hydrogens (tertiary/aromatic N) is 3. The van der Waals surface area contributed by atoms with Crippen molar-refractivity contribution in [3.8, 4) is 0 Å². The SMILES string of the molecule is ClN1[CH]=[In][N]=N1. The number of hydrogen-bond acceptors (Lipinski definition) is 3. The van der Waals surface area contributed by atoms with Gasteiger partial charge in [-0.15, -0.1) is 0 Å². The monoisotopic (exact) mass is 205 g/mol. The molecule has 1 rings (SSSR count). The Morgan fingerprint density at radius 2 is 2.67 bits per heavy atom. The van der Waals surface area contributed by atoms with Crippen molar-refractivity contribution in [2.45, 2.75) is 0 Å². The molecule has 0 saturated heterocycles. The van der Waals surface area contributed by atoms with Crippen molar-refractivity contribution in [2.24, 2.45) is 8.33 Å². The van der Waals surface area contributed by atoms with E-state index in [2.05, 4.69) is 8.33 Å². The molecule has 5 heteroatoms. The average molecular weight is 205 g/mol. The second-order valence-corrected chi connectivity index (χ2v) is 3.50. The van der Waals surface area contributed by atoms with Crippen LogP contribution < -0.4 is 0 Å². The summed E-state index contributed by atoms with van der Waals surface area (Å²) in [6.45, 7) is 0. The molecule has 1 aliphatic rings. The second kappa shape index (κ2) is 1.93. The van der Waals surface area contributed by atoms with Gasteiger partial charge in [-0.05, 0) is 0 Å². The summed E-state index contributed by atoms with van der Waals surface area (Å²) in [4.78, 5) is 0. The van der Waals surface area contributed by atoms with E-state index in [9.17, 15) is 0 Å². The molecule has 1 heterocycles. The zero-order valence-corrected chi connectivity index (χ0v) is 6.93. The van der Waals surface area contributed by atoms with E-state index in [-0.39, 0.29) is 0 Å². The molecule has 0 bridgehead atoms. The first-order valence-corrected chi connectivity index (χ1v) is 5.13. The Balaban J connectivity index is 2.60. The molecular formula is CHClInN3. The molecule has 0 radical (unpaired) electrons. The van der Waals surface area contributed by atoms with Gasteiger partial charge in [0.2, 0.25) is 0 Å². The summed E-state index contributed by atoms with van der Waals surface area (Å²) in [6.07, 6.45) is 0. The van der Waals surface area contributed by atoms with Crippen LogP contribution in [0.15, 0.2) is 8.33 Å². The van der Waals surface area contributed by atoms with Crippen LogP contribution in [0.3, 0.4) is 0 Å². The Hall–Kier alpha value is 0.430. The van der Waals surface area contributed by atoms with Crippen molar-refractivity contribution in [1.82, 2.24) is 4.53 Å². The van der Waals surface area contributed by atoms with E-state index in [1.165, 1.54) is 4.53 Å². The summed E-state index contributed by atoms with van der Waals surface area (Å²) in [7, 11) is 0. The van der Waals surface area contributed by atoms with Crippen molar-refractivity contribution in [1.29, 1.82) is 0 Å². The van der Waals surface area contributed by atoms with E-state index < -0.39 is 22.7 Å². The average Bonchev–Trinajstić information content (AvgIpc) is 1.86. The fourth-order valence-electron chi connectivity index (χ4n) is 0.194. The Labute approximate surface area is 51.3 Å². The Morgan fingerprint density at radius 3 is 2.83 bits per heavy atom. The predicted octanol–water partition coefficient (Wildman–Crippen LogP) is 0.202. The van der Waals surface area contributed by atoms with Crippen LogP contribution in [0, 0.1) is 0 Å². The molecule has 6 heavy (non-hydrogen) atoms. The third-order valence-electron chi connectivity index (χ3n) is 0.393. The summed E-state index contributed by atoms with van der Waals surface area (Å²) in [5.74, 6) is 0. The third kappa shape index (κ3) is 0.944. The molecule has 0 unspecified atom stereocenters. The molecule has 0 amide bonds. The van der Waals surface area contributed by atoms with E-state index >= 15 is 0 Å². The molecule has 0 fully saturated rings. The van der Waals surface area contributed by atoms with Crippen LogP contribution in [-0.2, 0) is 0 Å². The Bertz CT molecular complexity index is 87.0. The van der Waals surface area contributed by atoms with Gasteiger partial charge in [0.15, 0.2) is 0 Å². The molecule has 3 nitrogen and oxygen atoms in total. The molecule has 0 N–H and O–H groups in total. The molecular weight excluding hydrogens is 204 g/mol. The first kappa shape index (κ1) is 4.59. The fraction of sp³-hybridized carbons (Fsp3) is 0. The number of halogens is 1. The zero-order chi connectivity index (χ0) is 4.41. The quantitative estimate of drug-likeness (QED) is 0.519. The third-order valence-corrected chi connectivity index (χ3v) is 2.98. The van der Waals surface area contributed by atoms with Gasteiger partial charge in [0.25, 0.3) is 0 Å². The molecule has 0 aromatic carbocycles. The minimum atomic E-state index is -0.742. The van der Waals surface area contributed by atoms with Crippen molar-refractivity contribution < 1.29 is 0 Å². The predicted molar refractivity (Wildman–Crippen MR) is 24.4 cm³/mol. The van der Waals surface area contributed by atoms with Crippen LogP contribution in [-0.4, -0.2) is 31.1 Å². The van der Waals surface area contributed by atoms with E-state index in [4.69, 9.17) is 11.8 Å². The van der Waals surface area contributed by atoms with Crippen molar-refractivity contribution >= 4 is 38.4 Å². The van der Waals surface area contributed by atoms with Gasteiger partial charge in [0.05, 0.1) is 0 Å². The van der Waals surface area contributed by atoms with Crippen molar-refractivity contribution in [3.63, 3.8) is 0 Å². The van der Waals surface area contributed by atoms with Gasteiger partial charge in [0.1, 0.15) is 0 Å². The van der Waals surface area contributed by atoms with Crippen LogP contribution >= 0.6 is 11.8 Å². The van der Waals surface area contributed by atoms with Crippen LogP contribution in [0.2, 0.25) is 0 Å². The van der Waals surface area contributed by atoms with Gasteiger partial charge in [-0.1, -0.05) is 0 Å². The van der Waals surface area contributed by atoms with E-state index in [0.717, 1.165) is 0 Å². The van der Waals surface area contributed by atoms with Crippen LogP contribution in [0.1, 0.15) is 0 Å². The molecule has 0 atom stereocenters. The van der Waals surface area contributed by atoms with Gasteiger partial charge in [-0.2, -0.15) is 0 Å². The van der Waals surface area contributed by atoms with Gasteiger partial charge in [-0.3, -0.25) is 0 Å². The second-order valence-electron chi connectivity index (χ2n) is 0.792. The summed E-state index contributed by atoms with van der Waals surface area (Å²) in [5, 5.41) is 3.49. The van der Waals surface area contributed by atoms with Gasteiger partial charge >= 0.3 is 51.2 Å². The van der Waals surface area contributed by atoms with Gasteiger partial charge in [-0.25, -0.2) is 0 Å². The molecule has 0 aliphatic carbocycles. The molecule has 0 saturated carbocycles. The summed E-state index contributed by atoms with van der Waals surface area (Å²) in [6, 6.07) is 0. The van der Waals surface area contributed by atoms with Crippen LogP contribution in [0.4, 0.5) is 0 Å². The molecule has 0 spiro atoms. The Morgan fingerprint density at radius 1 is 1.83 bits per heavy atom. The minimum absolute atomic E-state index is 0.742. The normalized spacial score (nSPS) is 15.8. The van der Waals surface area contributed by atoms with Crippen LogP contribution in [0.5, 0.6) is 0 Å². The van der Waals surface area contributed by atoms with Crippen molar-refractivity contribution in [2.75, 3.05) is 0 Å². The molecule has 0 aromatic heterocycles. The standard InChI is InChI=1S/CHClN3.In/c1-5(2)4-3;/h1H;/q-1;+1. The Kier molecular flexibility index (Phi) is 1.48. The fourth-order valence-corrected chi connectivity index (χ4v) is 1.90.